The quantitative estimate of drug-likeness (QED) is 0.223. The summed E-state index contributed by atoms with van der Waals surface area (Å²) in [5.41, 5.74) is 0.776. The molecule has 12 heteroatoms. The van der Waals surface area contributed by atoms with Gasteiger partial charge >= 0.3 is 12.0 Å². The molecule has 0 saturated carbocycles. The molecule has 0 radical (unpaired) electrons. The van der Waals surface area contributed by atoms with E-state index < -0.39 is 23.8 Å². The van der Waals surface area contributed by atoms with Gasteiger partial charge in [0.2, 0.25) is 18.4 Å². The lowest BCUT2D eigenvalue weighted by Gasteiger charge is -2.31. The van der Waals surface area contributed by atoms with Crippen LogP contribution in [0, 0.1) is 5.92 Å². The number of rotatable bonds is 16. The van der Waals surface area contributed by atoms with Crippen LogP contribution in [0.25, 0.3) is 0 Å². The Hall–Kier alpha value is -3.25. The number of hydrogen-bond acceptors (Lipinski definition) is 7. The Bertz CT molecular complexity index is 1170. The first kappa shape index (κ1) is 33.6. The van der Waals surface area contributed by atoms with Gasteiger partial charge in [-0.2, -0.15) is 0 Å². The number of carbonyl (C=O) groups is 3. The summed E-state index contributed by atoms with van der Waals surface area (Å²) in [6.45, 7) is 6.84. The van der Waals surface area contributed by atoms with Crippen LogP contribution < -0.4 is 14.2 Å². The van der Waals surface area contributed by atoms with Crippen LogP contribution in [0.5, 0.6) is 17.2 Å². The van der Waals surface area contributed by atoms with Crippen LogP contribution in [-0.2, 0) is 9.59 Å². The minimum absolute atomic E-state index is 0.0266. The average molecular weight is 619 g/mol. The molecule has 3 amide bonds. The smallest absolute Gasteiger partial charge is 0.319 e. The number of carboxylic acids is 1. The third-order valence-electron chi connectivity index (χ3n) is 9.12. The summed E-state index contributed by atoms with van der Waals surface area (Å²) in [6, 6.07) is 3.20. The van der Waals surface area contributed by atoms with Crippen molar-refractivity contribution in [1.82, 2.24) is 19.6 Å². The minimum Gasteiger partial charge on any atom is -0.493 e. The number of likely N-dealkylation sites (tertiary alicyclic amines) is 1. The summed E-state index contributed by atoms with van der Waals surface area (Å²) in [7, 11) is 9.84. The van der Waals surface area contributed by atoms with E-state index in [9.17, 15) is 19.5 Å². The van der Waals surface area contributed by atoms with Crippen LogP contribution in [0.3, 0.4) is 0 Å². The molecule has 1 N–H and O–H groups in total. The zero-order valence-electron chi connectivity index (χ0n) is 27.4. The van der Waals surface area contributed by atoms with Gasteiger partial charge in [-0.3, -0.25) is 14.5 Å². The van der Waals surface area contributed by atoms with Gasteiger partial charge in [-0.1, -0.05) is 13.3 Å². The van der Waals surface area contributed by atoms with E-state index >= 15 is 0 Å². The SMILES string of the molecule is CCCCN(CCCC[N+](C)(C)C)C(=O)CN1C[C@H](c2cc(OC)c3c(c2)OCO3)[C@@H](C(=O)O)[C@@H]1CCN1CCN(C)C1=O. The molecule has 3 heterocycles. The van der Waals surface area contributed by atoms with Crippen molar-refractivity contribution in [2.24, 2.45) is 5.92 Å². The first-order valence-corrected chi connectivity index (χ1v) is 16.0. The zero-order chi connectivity index (χ0) is 32.0. The highest BCUT2D eigenvalue weighted by Gasteiger charge is 2.48. The number of nitrogens with zero attached hydrogens (tertiary/aromatic N) is 5. The Morgan fingerprint density at radius 2 is 1.86 bits per heavy atom. The Morgan fingerprint density at radius 1 is 1.11 bits per heavy atom. The van der Waals surface area contributed by atoms with Gasteiger partial charge in [0, 0.05) is 58.3 Å². The predicted octanol–water partition coefficient (Wildman–Crippen LogP) is 2.77. The van der Waals surface area contributed by atoms with E-state index in [0.29, 0.717) is 62.9 Å². The summed E-state index contributed by atoms with van der Waals surface area (Å²) in [4.78, 5) is 46.9. The molecular formula is C32H52N5O7+. The highest BCUT2D eigenvalue weighted by molar-refractivity contribution is 5.79. The van der Waals surface area contributed by atoms with Crippen LogP contribution in [0.1, 0.15) is 50.5 Å². The average Bonchev–Trinajstić information content (AvgIpc) is 3.68. The lowest BCUT2D eigenvalue weighted by atomic mass is 9.84. The molecule has 246 valence electrons. The molecule has 44 heavy (non-hydrogen) atoms. The fourth-order valence-corrected chi connectivity index (χ4v) is 6.63. The Labute approximate surface area is 262 Å². The highest BCUT2D eigenvalue weighted by Crippen LogP contribution is 2.47. The van der Waals surface area contributed by atoms with E-state index in [2.05, 4.69) is 28.1 Å². The molecule has 12 nitrogen and oxygen atoms in total. The van der Waals surface area contributed by atoms with Crippen molar-refractivity contribution in [1.29, 1.82) is 0 Å². The maximum absolute atomic E-state index is 13.9. The molecule has 1 aromatic carbocycles. The first-order valence-electron chi connectivity index (χ1n) is 16.0. The van der Waals surface area contributed by atoms with Crippen LogP contribution in [0.2, 0.25) is 0 Å². The second-order valence-electron chi connectivity index (χ2n) is 13.4. The number of carbonyl (C=O) groups excluding carboxylic acids is 2. The topological polar surface area (TPSA) is 112 Å². The fourth-order valence-electron chi connectivity index (χ4n) is 6.63. The standard InChI is InChI=1S/C32H51N5O7/c1-7-8-12-34(13-9-10-17-37(3,4)5)28(38)21-36-20-24(23-18-26(42-6)30-27(19-23)43-22-44-30)29(31(39)40)25(36)11-14-35-16-15-33(2)32(35)41/h18-19,24-25,29H,7-17,20-22H2,1-6H3/p+1/t24-,25+,29-/m1/s1. The second-order valence-corrected chi connectivity index (χ2v) is 13.4. The summed E-state index contributed by atoms with van der Waals surface area (Å²) in [5, 5.41) is 10.6. The van der Waals surface area contributed by atoms with Crippen LogP contribution in [0.4, 0.5) is 4.79 Å². The number of amides is 3. The van der Waals surface area contributed by atoms with Gasteiger partial charge in [0.1, 0.15) is 0 Å². The molecule has 0 bridgehead atoms. The van der Waals surface area contributed by atoms with Crippen molar-refractivity contribution in [3.63, 3.8) is 0 Å². The molecule has 0 unspecified atom stereocenters. The molecule has 0 spiro atoms. The maximum atomic E-state index is 13.9. The zero-order valence-corrected chi connectivity index (χ0v) is 27.4. The molecule has 4 rings (SSSR count). The van der Waals surface area contributed by atoms with Crippen molar-refractivity contribution in [2.75, 3.05) is 94.5 Å². The lowest BCUT2D eigenvalue weighted by molar-refractivity contribution is -0.870. The van der Waals surface area contributed by atoms with Crippen LogP contribution >= 0.6 is 0 Å². The number of likely N-dealkylation sites (N-methyl/N-ethyl adjacent to an activating group) is 1. The molecule has 3 aliphatic heterocycles. The van der Waals surface area contributed by atoms with E-state index in [1.165, 1.54) is 0 Å². The normalized spacial score (nSPS) is 21.8. The number of ether oxygens (including phenoxy) is 3. The van der Waals surface area contributed by atoms with Gasteiger partial charge in [-0.15, -0.1) is 0 Å². The number of carboxylic acid groups (broad SMARTS) is 1. The number of methoxy groups -OCH3 is 1. The summed E-state index contributed by atoms with van der Waals surface area (Å²) < 4.78 is 17.7. The predicted molar refractivity (Wildman–Crippen MR) is 166 cm³/mol. The third kappa shape index (κ3) is 8.06. The molecule has 3 atom stereocenters. The lowest BCUT2D eigenvalue weighted by Crippen LogP contribution is -2.46. The number of hydrogen-bond donors (Lipinski definition) is 1. The second kappa shape index (κ2) is 14.7. The van der Waals surface area contributed by atoms with Crippen LogP contribution in [-0.4, -0.2) is 148 Å². The summed E-state index contributed by atoms with van der Waals surface area (Å²) in [6.07, 6.45) is 4.32. The molecule has 0 aliphatic carbocycles. The first-order chi connectivity index (χ1) is 20.9. The van der Waals surface area contributed by atoms with E-state index in [1.54, 1.807) is 24.0 Å². The molecule has 0 aromatic heterocycles. The molecule has 3 aliphatic rings. The number of quaternary nitrogens is 1. The summed E-state index contributed by atoms with van der Waals surface area (Å²) >= 11 is 0. The Morgan fingerprint density at radius 3 is 2.50 bits per heavy atom. The number of unbranched alkanes of at least 4 members (excludes halogenated alkanes) is 2. The monoisotopic (exact) mass is 618 g/mol. The van der Waals surface area contributed by atoms with Gasteiger partial charge in [0.15, 0.2) is 11.5 Å². The highest BCUT2D eigenvalue weighted by atomic mass is 16.7. The van der Waals surface area contributed by atoms with Gasteiger partial charge in [-0.05, 0) is 43.4 Å². The maximum Gasteiger partial charge on any atom is 0.319 e. The van der Waals surface area contributed by atoms with Crippen molar-refractivity contribution < 1.29 is 38.2 Å². The van der Waals surface area contributed by atoms with E-state index in [-0.39, 0.29) is 25.3 Å². The fraction of sp³-hybridized carbons (Fsp3) is 0.719. The van der Waals surface area contributed by atoms with Gasteiger partial charge in [-0.25, -0.2) is 4.79 Å². The van der Waals surface area contributed by atoms with E-state index in [4.69, 9.17) is 14.2 Å². The van der Waals surface area contributed by atoms with Gasteiger partial charge in [0.05, 0.1) is 47.3 Å². The number of benzene rings is 1. The Balaban J connectivity index is 1.58. The molecule has 2 fully saturated rings. The van der Waals surface area contributed by atoms with Crippen molar-refractivity contribution >= 4 is 17.9 Å². The minimum atomic E-state index is -0.917. The van der Waals surface area contributed by atoms with E-state index in [1.807, 2.05) is 21.9 Å². The third-order valence-corrected chi connectivity index (χ3v) is 9.12. The molecule has 1 aromatic rings. The van der Waals surface area contributed by atoms with Crippen molar-refractivity contribution in [3.05, 3.63) is 17.7 Å². The van der Waals surface area contributed by atoms with Crippen molar-refractivity contribution in [3.8, 4) is 17.2 Å². The Kier molecular flexibility index (Phi) is 11.2. The number of aliphatic carboxylic acids is 1. The van der Waals surface area contributed by atoms with E-state index in [0.717, 1.165) is 42.3 Å². The van der Waals surface area contributed by atoms with Crippen LogP contribution in [0.15, 0.2) is 12.1 Å². The largest absolute Gasteiger partial charge is 0.493 e. The molecular weight excluding hydrogens is 566 g/mol. The number of fused-ring (bicyclic) bond motifs is 1. The summed E-state index contributed by atoms with van der Waals surface area (Å²) in [5.74, 6) is -0.539. The van der Waals surface area contributed by atoms with Gasteiger partial charge in [0.25, 0.3) is 0 Å². The molecule has 2 saturated heterocycles. The number of urea groups is 1. The van der Waals surface area contributed by atoms with Crippen molar-refractivity contribution in [2.45, 2.75) is 51.0 Å². The van der Waals surface area contributed by atoms with Gasteiger partial charge < -0.3 is 38.5 Å².